The third-order valence-electron chi connectivity index (χ3n) is 3.05. The molecule has 2 aromatic heterocycles. The molecular formula is C14H22N4O. The van der Waals surface area contributed by atoms with Gasteiger partial charge in [0.15, 0.2) is 0 Å². The molecule has 104 valence electrons. The van der Waals surface area contributed by atoms with Crippen LogP contribution < -0.4 is 5.32 Å². The Hall–Kier alpha value is -1.62. The zero-order valence-electron chi connectivity index (χ0n) is 11.8. The van der Waals surface area contributed by atoms with Gasteiger partial charge in [0, 0.05) is 12.5 Å². The molecule has 0 saturated carbocycles. The van der Waals surface area contributed by atoms with Gasteiger partial charge in [0.25, 0.3) is 0 Å². The maximum Gasteiger partial charge on any atom is 0.138 e. The van der Waals surface area contributed by atoms with Crippen molar-refractivity contribution >= 4 is 0 Å². The van der Waals surface area contributed by atoms with Crippen LogP contribution >= 0.6 is 0 Å². The van der Waals surface area contributed by atoms with Crippen molar-refractivity contribution in [3.05, 3.63) is 36.3 Å². The quantitative estimate of drug-likeness (QED) is 0.833. The van der Waals surface area contributed by atoms with Gasteiger partial charge in [-0.15, -0.1) is 0 Å². The first-order chi connectivity index (χ1) is 9.22. The molecule has 0 fully saturated rings. The molecule has 2 heterocycles. The molecule has 2 aromatic rings. The standard InChI is InChI=1S/C14H22N4O/c1-4-7-15-12(13-6-5-8-19-13)9-14-16-10-17-18(14)11(2)3/h5-6,8,10-12,15H,4,7,9H2,1-3H3. The molecule has 1 unspecified atom stereocenters. The molecule has 1 atom stereocenters. The van der Waals surface area contributed by atoms with Crippen molar-refractivity contribution in [2.45, 2.75) is 45.7 Å². The van der Waals surface area contributed by atoms with Crippen molar-refractivity contribution in [1.29, 1.82) is 0 Å². The minimum absolute atomic E-state index is 0.150. The van der Waals surface area contributed by atoms with Crippen LogP contribution in [0, 0.1) is 0 Å². The van der Waals surface area contributed by atoms with Crippen molar-refractivity contribution < 1.29 is 4.42 Å². The van der Waals surface area contributed by atoms with E-state index in [1.54, 1.807) is 12.6 Å². The summed E-state index contributed by atoms with van der Waals surface area (Å²) in [6.45, 7) is 7.34. The molecule has 2 rings (SSSR count). The second-order valence-electron chi connectivity index (χ2n) is 4.94. The van der Waals surface area contributed by atoms with Gasteiger partial charge in [-0.2, -0.15) is 5.10 Å². The van der Waals surface area contributed by atoms with Gasteiger partial charge in [0.2, 0.25) is 0 Å². The molecule has 0 bridgehead atoms. The minimum atomic E-state index is 0.150. The first kappa shape index (κ1) is 13.8. The van der Waals surface area contributed by atoms with Crippen molar-refractivity contribution in [1.82, 2.24) is 20.1 Å². The summed E-state index contributed by atoms with van der Waals surface area (Å²) in [5.74, 6) is 1.94. The summed E-state index contributed by atoms with van der Waals surface area (Å²) in [5, 5.41) is 7.78. The monoisotopic (exact) mass is 262 g/mol. The highest BCUT2D eigenvalue weighted by molar-refractivity contribution is 5.07. The Labute approximate surface area is 114 Å². The van der Waals surface area contributed by atoms with E-state index in [1.165, 1.54) is 0 Å². The van der Waals surface area contributed by atoms with E-state index in [2.05, 4.69) is 36.2 Å². The van der Waals surface area contributed by atoms with Crippen molar-refractivity contribution in [3.8, 4) is 0 Å². The van der Waals surface area contributed by atoms with E-state index < -0.39 is 0 Å². The number of rotatable bonds is 7. The summed E-state index contributed by atoms with van der Waals surface area (Å²) >= 11 is 0. The lowest BCUT2D eigenvalue weighted by Gasteiger charge is -2.17. The van der Waals surface area contributed by atoms with Crippen LogP contribution in [0.25, 0.3) is 0 Å². The lowest BCUT2D eigenvalue weighted by molar-refractivity contribution is 0.394. The maximum absolute atomic E-state index is 5.52. The summed E-state index contributed by atoms with van der Waals surface area (Å²) in [6.07, 6.45) is 5.21. The summed E-state index contributed by atoms with van der Waals surface area (Å²) in [6, 6.07) is 4.39. The van der Waals surface area contributed by atoms with Crippen LogP contribution in [0.2, 0.25) is 0 Å². The van der Waals surface area contributed by atoms with Crippen LogP contribution in [0.5, 0.6) is 0 Å². The first-order valence-corrected chi connectivity index (χ1v) is 6.87. The summed E-state index contributed by atoms with van der Waals surface area (Å²) < 4.78 is 7.48. The Balaban J connectivity index is 2.13. The van der Waals surface area contributed by atoms with Crippen molar-refractivity contribution in [2.24, 2.45) is 0 Å². The van der Waals surface area contributed by atoms with Gasteiger partial charge in [-0.25, -0.2) is 9.67 Å². The average Bonchev–Trinajstić information content (AvgIpc) is 3.04. The summed E-state index contributed by atoms with van der Waals surface area (Å²) in [4.78, 5) is 4.37. The zero-order valence-corrected chi connectivity index (χ0v) is 11.8. The predicted octanol–water partition coefficient (Wildman–Crippen LogP) is 2.74. The SMILES string of the molecule is CCCNC(Cc1ncnn1C(C)C)c1ccco1. The minimum Gasteiger partial charge on any atom is -0.468 e. The highest BCUT2D eigenvalue weighted by Crippen LogP contribution is 2.19. The van der Waals surface area contributed by atoms with Crippen LogP contribution in [0.3, 0.4) is 0 Å². The van der Waals surface area contributed by atoms with Crippen LogP contribution in [-0.2, 0) is 6.42 Å². The molecular weight excluding hydrogens is 240 g/mol. The van der Waals surface area contributed by atoms with Gasteiger partial charge in [-0.1, -0.05) is 6.92 Å². The van der Waals surface area contributed by atoms with Gasteiger partial charge in [-0.3, -0.25) is 0 Å². The fraction of sp³-hybridized carbons (Fsp3) is 0.571. The molecule has 0 aliphatic carbocycles. The molecule has 19 heavy (non-hydrogen) atoms. The van der Waals surface area contributed by atoms with E-state index >= 15 is 0 Å². The topological polar surface area (TPSA) is 55.9 Å². The molecule has 0 amide bonds. The summed E-state index contributed by atoms with van der Waals surface area (Å²) in [5.41, 5.74) is 0. The molecule has 0 aliphatic rings. The Bertz CT molecular complexity index is 475. The molecule has 0 aliphatic heterocycles. The van der Waals surface area contributed by atoms with E-state index in [4.69, 9.17) is 4.42 Å². The highest BCUT2D eigenvalue weighted by Gasteiger charge is 2.18. The second-order valence-corrected chi connectivity index (χ2v) is 4.94. The van der Waals surface area contributed by atoms with E-state index in [0.29, 0.717) is 6.04 Å². The van der Waals surface area contributed by atoms with E-state index in [1.807, 2.05) is 16.8 Å². The number of nitrogens with one attached hydrogen (secondary N) is 1. The molecule has 0 spiro atoms. The molecule has 0 radical (unpaired) electrons. The third kappa shape index (κ3) is 3.44. The lowest BCUT2D eigenvalue weighted by Crippen LogP contribution is -2.25. The Morgan fingerprint density at radius 1 is 1.42 bits per heavy atom. The van der Waals surface area contributed by atoms with Gasteiger partial charge < -0.3 is 9.73 Å². The Morgan fingerprint density at radius 2 is 2.26 bits per heavy atom. The van der Waals surface area contributed by atoms with E-state index in [0.717, 1.165) is 31.0 Å². The van der Waals surface area contributed by atoms with Crippen LogP contribution in [0.1, 0.15) is 50.9 Å². The molecule has 5 heteroatoms. The Kier molecular flexibility index (Phi) is 4.74. The average molecular weight is 262 g/mol. The smallest absolute Gasteiger partial charge is 0.138 e. The number of hydrogen-bond donors (Lipinski definition) is 1. The third-order valence-corrected chi connectivity index (χ3v) is 3.05. The lowest BCUT2D eigenvalue weighted by atomic mass is 10.1. The first-order valence-electron chi connectivity index (χ1n) is 6.87. The molecule has 1 N–H and O–H groups in total. The van der Waals surface area contributed by atoms with Crippen LogP contribution in [0.15, 0.2) is 29.1 Å². The highest BCUT2D eigenvalue weighted by atomic mass is 16.3. The Morgan fingerprint density at radius 3 is 2.89 bits per heavy atom. The van der Waals surface area contributed by atoms with Gasteiger partial charge in [0.05, 0.1) is 12.3 Å². The maximum atomic E-state index is 5.52. The van der Waals surface area contributed by atoms with Gasteiger partial charge in [0.1, 0.15) is 17.9 Å². The normalized spacial score (nSPS) is 13.1. The fourth-order valence-electron chi connectivity index (χ4n) is 2.12. The predicted molar refractivity (Wildman–Crippen MR) is 73.9 cm³/mol. The fourth-order valence-corrected chi connectivity index (χ4v) is 2.12. The van der Waals surface area contributed by atoms with Gasteiger partial charge >= 0.3 is 0 Å². The van der Waals surface area contributed by atoms with Gasteiger partial charge in [-0.05, 0) is 38.9 Å². The van der Waals surface area contributed by atoms with E-state index in [-0.39, 0.29) is 6.04 Å². The van der Waals surface area contributed by atoms with Crippen molar-refractivity contribution in [3.63, 3.8) is 0 Å². The number of nitrogens with zero attached hydrogens (tertiary/aromatic N) is 3. The summed E-state index contributed by atoms with van der Waals surface area (Å²) in [7, 11) is 0. The number of furan rings is 1. The molecule has 0 aromatic carbocycles. The van der Waals surface area contributed by atoms with Crippen LogP contribution in [0.4, 0.5) is 0 Å². The largest absolute Gasteiger partial charge is 0.468 e. The van der Waals surface area contributed by atoms with Crippen LogP contribution in [-0.4, -0.2) is 21.3 Å². The van der Waals surface area contributed by atoms with Crippen molar-refractivity contribution in [2.75, 3.05) is 6.54 Å². The molecule has 0 saturated heterocycles. The second kappa shape index (κ2) is 6.52. The number of aromatic nitrogens is 3. The molecule has 5 nitrogen and oxygen atoms in total. The zero-order chi connectivity index (χ0) is 13.7. The number of hydrogen-bond acceptors (Lipinski definition) is 4. The van der Waals surface area contributed by atoms with E-state index in [9.17, 15) is 0 Å².